The largest absolute Gasteiger partial charge is 0.0706 e. The minimum Gasteiger partial charge on any atom is -0.0706 e. The monoisotopic (exact) mass is 190 g/mol. The van der Waals surface area contributed by atoms with E-state index in [0.717, 1.165) is 11.1 Å². The predicted octanol–water partition coefficient (Wildman–Crippen LogP) is 4.19. The molecule has 0 aliphatic rings. The summed E-state index contributed by atoms with van der Waals surface area (Å²) in [4.78, 5) is 0. The highest BCUT2D eigenvalue weighted by molar-refractivity contribution is 5.36. The van der Waals surface area contributed by atoms with Crippen molar-refractivity contribution in [2.75, 3.05) is 0 Å². The van der Waals surface area contributed by atoms with Crippen LogP contribution in [0, 0.1) is 23.7 Å². The first-order valence-electron chi connectivity index (χ1n) is 5.30. The van der Waals surface area contributed by atoms with Gasteiger partial charge in [-0.25, -0.2) is 0 Å². The fourth-order valence-electron chi connectivity index (χ4n) is 1.28. The Bertz CT molecular complexity index is 249. The molecule has 0 heteroatoms. The lowest BCUT2D eigenvalue weighted by molar-refractivity contribution is 0.825. The Balaban J connectivity index is 4.44. The number of hydrogen-bond donors (Lipinski definition) is 0. The Kier molecular flexibility index (Phi) is 6.04. The summed E-state index contributed by atoms with van der Waals surface area (Å²) < 4.78 is 0. The second-order valence-electron chi connectivity index (χ2n) is 4.44. The molecule has 0 saturated heterocycles. The highest BCUT2D eigenvalue weighted by Gasteiger charge is 1.89. The van der Waals surface area contributed by atoms with Gasteiger partial charge in [-0.15, -0.1) is 0 Å². The van der Waals surface area contributed by atoms with Gasteiger partial charge in [0.25, 0.3) is 0 Å². The first-order valence-corrected chi connectivity index (χ1v) is 5.30. The zero-order valence-electron chi connectivity index (χ0n) is 10.3. The Morgan fingerprint density at radius 2 is 1.07 bits per heavy atom. The minimum absolute atomic E-state index is 0.582. The molecule has 0 spiro atoms. The van der Waals surface area contributed by atoms with Crippen molar-refractivity contribution in [2.24, 2.45) is 11.8 Å². The summed E-state index contributed by atoms with van der Waals surface area (Å²) in [6, 6.07) is 0. The van der Waals surface area contributed by atoms with Gasteiger partial charge >= 0.3 is 0 Å². The molecule has 0 aromatic heterocycles. The molecule has 14 heavy (non-hydrogen) atoms. The lowest BCUT2D eigenvalue weighted by Gasteiger charge is -1.96. The lowest BCUT2D eigenvalue weighted by atomic mass is 10.1. The van der Waals surface area contributed by atoms with Crippen molar-refractivity contribution in [1.82, 2.24) is 0 Å². The molecule has 0 rings (SSSR count). The summed E-state index contributed by atoms with van der Waals surface area (Å²) in [5.74, 6) is 7.49. The molecule has 0 radical (unpaired) electrons. The molecule has 0 N–H and O–H groups in total. The van der Waals surface area contributed by atoms with Crippen LogP contribution in [0.25, 0.3) is 0 Å². The first-order chi connectivity index (χ1) is 6.41. The lowest BCUT2D eigenvalue weighted by Crippen LogP contribution is -1.82. The maximum Gasteiger partial charge on any atom is -0.00444 e. The van der Waals surface area contributed by atoms with Gasteiger partial charge in [0.15, 0.2) is 0 Å². The smallest absolute Gasteiger partial charge is 0.00444 e. The van der Waals surface area contributed by atoms with Gasteiger partial charge < -0.3 is 0 Å². The Labute approximate surface area is 89.1 Å². The topological polar surface area (TPSA) is 0 Å². The van der Waals surface area contributed by atoms with Gasteiger partial charge in [0, 0.05) is 0 Å². The van der Waals surface area contributed by atoms with Crippen LogP contribution in [0.3, 0.4) is 0 Å². The number of rotatable bonds is 2. The predicted molar refractivity (Wildman–Crippen MR) is 65.0 cm³/mol. The van der Waals surface area contributed by atoms with Crippen LogP contribution in [0.1, 0.15) is 41.5 Å². The molecule has 0 aromatic rings. The van der Waals surface area contributed by atoms with Crippen LogP contribution >= 0.6 is 0 Å². The highest BCUT2D eigenvalue weighted by Crippen LogP contribution is 2.02. The van der Waals surface area contributed by atoms with E-state index in [-0.39, 0.29) is 0 Å². The van der Waals surface area contributed by atoms with Crippen LogP contribution in [0.2, 0.25) is 0 Å². The summed E-state index contributed by atoms with van der Waals surface area (Å²) in [6.45, 7) is 12.8. The Morgan fingerprint density at radius 1 is 0.786 bits per heavy atom. The van der Waals surface area contributed by atoms with Gasteiger partial charge in [-0.05, 0) is 36.8 Å². The SMILES string of the molecule is C/C(C#C/C(C)=C/C(C)C)=C\C(C)C. The van der Waals surface area contributed by atoms with E-state index < -0.39 is 0 Å². The molecule has 0 unspecified atom stereocenters. The van der Waals surface area contributed by atoms with Crippen LogP contribution in [0.15, 0.2) is 23.3 Å². The van der Waals surface area contributed by atoms with Crippen LogP contribution in [0.5, 0.6) is 0 Å². The first kappa shape index (κ1) is 13.0. The molecule has 0 heterocycles. The summed E-state index contributed by atoms with van der Waals surface area (Å²) in [5, 5.41) is 0. The Morgan fingerprint density at radius 3 is 1.29 bits per heavy atom. The molecule has 0 aromatic carbocycles. The Hall–Kier alpha value is -0.960. The van der Waals surface area contributed by atoms with E-state index in [9.17, 15) is 0 Å². The van der Waals surface area contributed by atoms with Crippen molar-refractivity contribution >= 4 is 0 Å². The van der Waals surface area contributed by atoms with Crippen LogP contribution < -0.4 is 0 Å². The minimum atomic E-state index is 0.582. The van der Waals surface area contributed by atoms with E-state index in [4.69, 9.17) is 0 Å². The van der Waals surface area contributed by atoms with Gasteiger partial charge in [0.1, 0.15) is 0 Å². The molecule has 0 aliphatic carbocycles. The van der Waals surface area contributed by atoms with Crippen molar-refractivity contribution in [3.05, 3.63) is 23.3 Å². The van der Waals surface area contributed by atoms with Gasteiger partial charge in [-0.2, -0.15) is 0 Å². The average molecular weight is 190 g/mol. The van der Waals surface area contributed by atoms with E-state index in [2.05, 4.69) is 65.5 Å². The molecule has 78 valence electrons. The van der Waals surface area contributed by atoms with Crippen molar-refractivity contribution < 1.29 is 0 Å². The molecule has 0 nitrogen and oxygen atoms in total. The van der Waals surface area contributed by atoms with E-state index in [1.54, 1.807) is 0 Å². The number of hydrogen-bond acceptors (Lipinski definition) is 0. The third-order valence-electron chi connectivity index (χ3n) is 1.62. The van der Waals surface area contributed by atoms with Crippen LogP contribution in [-0.4, -0.2) is 0 Å². The van der Waals surface area contributed by atoms with Crippen LogP contribution in [0.4, 0.5) is 0 Å². The third-order valence-corrected chi connectivity index (χ3v) is 1.62. The van der Waals surface area contributed by atoms with Crippen molar-refractivity contribution in [3.63, 3.8) is 0 Å². The van der Waals surface area contributed by atoms with Crippen molar-refractivity contribution in [3.8, 4) is 11.8 Å². The highest BCUT2D eigenvalue weighted by atomic mass is 13.9. The van der Waals surface area contributed by atoms with E-state index in [0.29, 0.717) is 11.8 Å². The van der Waals surface area contributed by atoms with Gasteiger partial charge in [-0.1, -0.05) is 51.7 Å². The van der Waals surface area contributed by atoms with Crippen molar-refractivity contribution in [2.45, 2.75) is 41.5 Å². The van der Waals surface area contributed by atoms with E-state index in [1.807, 2.05) is 0 Å². The number of allylic oxidation sites excluding steroid dienone is 4. The second-order valence-corrected chi connectivity index (χ2v) is 4.44. The molecular weight excluding hydrogens is 168 g/mol. The second kappa shape index (κ2) is 6.49. The molecule has 0 saturated carbocycles. The molecule has 0 aliphatic heterocycles. The summed E-state index contributed by atoms with van der Waals surface area (Å²) in [5.41, 5.74) is 2.33. The molecule has 0 atom stereocenters. The summed E-state index contributed by atoms with van der Waals surface area (Å²) in [6.07, 6.45) is 4.38. The van der Waals surface area contributed by atoms with Gasteiger partial charge in [0.05, 0.1) is 0 Å². The third kappa shape index (κ3) is 7.68. The summed E-state index contributed by atoms with van der Waals surface area (Å²) in [7, 11) is 0. The molecule has 0 fully saturated rings. The van der Waals surface area contributed by atoms with Gasteiger partial charge in [0.2, 0.25) is 0 Å². The fraction of sp³-hybridized carbons (Fsp3) is 0.571. The van der Waals surface area contributed by atoms with E-state index in [1.165, 1.54) is 0 Å². The zero-order valence-corrected chi connectivity index (χ0v) is 10.3. The fourth-order valence-corrected chi connectivity index (χ4v) is 1.28. The average Bonchev–Trinajstić information content (AvgIpc) is 1.98. The van der Waals surface area contributed by atoms with Crippen LogP contribution in [-0.2, 0) is 0 Å². The summed E-state index contributed by atoms with van der Waals surface area (Å²) >= 11 is 0. The standard InChI is InChI=1S/C14H22/c1-11(2)9-13(5)7-8-14(6)10-12(3)4/h9-12H,1-6H3/b13-9+,14-10+. The zero-order chi connectivity index (χ0) is 11.1. The van der Waals surface area contributed by atoms with Crippen molar-refractivity contribution in [1.29, 1.82) is 0 Å². The van der Waals surface area contributed by atoms with Gasteiger partial charge in [-0.3, -0.25) is 0 Å². The molecular formula is C14H22. The quantitative estimate of drug-likeness (QED) is 0.573. The molecule has 0 bridgehead atoms. The van der Waals surface area contributed by atoms with E-state index >= 15 is 0 Å². The maximum absolute atomic E-state index is 3.16. The maximum atomic E-state index is 3.16. The molecule has 0 amide bonds. The normalized spacial score (nSPS) is 13.1.